The van der Waals surface area contributed by atoms with Gasteiger partial charge in [-0.15, -0.1) is 0 Å². The number of nitrogens with one attached hydrogen (secondary N) is 2. The lowest BCUT2D eigenvalue weighted by molar-refractivity contribution is 0.0367. The molecular formula is C17H22N2O3. The highest BCUT2D eigenvalue weighted by atomic mass is 16.4. The summed E-state index contributed by atoms with van der Waals surface area (Å²) in [6.45, 7) is 4.26. The molecule has 1 aromatic heterocycles. The molecule has 22 heavy (non-hydrogen) atoms. The summed E-state index contributed by atoms with van der Waals surface area (Å²) in [5, 5.41) is 15.6. The van der Waals surface area contributed by atoms with E-state index < -0.39 is 5.60 Å². The lowest BCUT2D eigenvalue weighted by atomic mass is 10.0. The van der Waals surface area contributed by atoms with Crippen LogP contribution in [0.1, 0.15) is 23.8 Å². The van der Waals surface area contributed by atoms with Crippen molar-refractivity contribution in [1.29, 1.82) is 0 Å². The van der Waals surface area contributed by atoms with Gasteiger partial charge in [-0.2, -0.15) is 0 Å². The summed E-state index contributed by atoms with van der Waals surface area (Å²) in [5.74, 6) is 0.424. The number of hydrogen-bond donors (Lipinski definition) is 3. The van der Waals surface area contributed by atoms with Crippen LogP contribution < -0.4 is 10.6 Å². The van der Waals surface area contributed by atoms with Crippen LogP contribution in [-0.2, 0) is 12.0 Å². The van der Waals surface area contributed by atoms with E-state index in [2.05, 4.69) is 34.9 Å². The largest absolute Gasteiger partial charge is 0.466 e. The molecule has 0 radical (unpaired) electrons. The number of hydrogen-bond acceptors (Lipinski definition) is 3. The van der Waals surface area contributed by atoms with Gasteiger partial charge in [-0.1, -0.05) is 29.8 Å². The number of urea groups is 1. The molecule has 0 saturated carbocycles. The van der Waals surface area contributed by atoms with E-state index in [1.807, 2.05) is 6.92 Å². The third-order valence-electron chi connectivity index (χ3n) is 3.47. The highest BCUT2D eigenvalue weighted by molar-refractivity contribution is 5.73. The van der Waals surface area contributed by atoms with Gasteiger partial charge in [0.05, 0.1) is 12.8 Å². The first kappa shape index (κ1) is 16.1. The molecule has 3 N–H and O–H groups in total. The normalized spacial score (nSPS) is 13.4. The van der Waals surface area contributed by atoms with Gasteiger partial charge in [-0.3, -0.25) is 0 Å². The van der Waals surface area contributed by atoms with Crippen molar-refractivity contribution in [3.8, 4) is 0 Å². The molecular weight excluding hydrogens is 280 g/mol. The van der Waals surface area contributed by atoms with Crippen LogP contribution in [0.3, 0.4) is 0 Å². The van der Waals surface area contributed by atoms with Gasteiger partial charge >= 0.3 is 6.03 Å². The van der Waals surface area contributed by atoms with Crippen molar-refractivity contribution in [3.05, 3.63) is 59.5 Å². The molecule has 118 valence electrons. The second kappa shape index (κ2) is 7.13. The number of benzene rings is 1. The van der Waals surface area contributed by atoms with Gasteiger partial charge < -0.3 is 20.2 Å². The Morgan fingerprint density at radius 1 is 1.23 bits per heavy atom. The zero-order valence-electron chi connectivity index (χ0n) is 12.9. The summed E-state index contributed by atoms with van der Waals surface area (Å²) < 4.78 is 5.16. The smallest absolute Gasteiger partial charge is 0.314 e. The Balaban J connectivity index is 1.71. The van der Waals surface area contributed by atoms with Crippen LogP contribution in [0.4, 0.5) is 4.79 Å². The summed E-state index contributed by atoms with van der Waals surface area (Å²) in [5.41, 5.74) is 1.17. The number of amides is 2. The third-order valence-corrected chi connectivity index (χ3v) is 3.47. The molecule has 0 aliphatic heterocycles. The molecule has 0 spiro atoms. The van der Waals surface area contributed by atoms with Gasteiger partial charge in [-0.25, -0.2) is 4.79 Å². The van der Waals surface area contributed by atoms with E-state index in [0.717, 1.165) is 6.42 Å². The molecule has 2 aromatic rings. The van der Waals surface area contributed by atoms with Crippen LogP contribution in [0.15, 0.2) is 47.1 Å². The highest BCUT2D eigenvalue weighted by Crippen LogP contribution is 2.19. The standard InChI is InChI=1S/C17H22N2O3/c1-13-5-7-14(8-6-13)9-10-18-16(20)19-12-17(2,21)15-4-3-11-22-15/h3-8,11,21H,9-10,12H2,1-2H3,(H2,18,19,20). The van der Waals surface area contributed by atoms with Gasteiger partial charge in [-0.05, 0) is 38.0 Å². The van der Waals surface area contributed by atoms with E-state index in [0.29, 0.717) is 12.3 Å². The molecule has 2 rings (SSSR count). The lowest BCUT2D eigenvalue weighted by Gasteiger charge is -2.21. The van der Waals surface area contributed by atoms with E-state index in [4.69, 9.17) is 4.42 Å². The monoisotopic (exact) mass is 302 g/mol. The van der Waals surface area contributed by atoms with Crippen molar-refractivity contribution < 1.29 is 14.3 Å². The number of furan rings is 1. The molecule has 0 aliphatic carbocycles. The minimum absolute atomic E-state index is 0.0802. The number of rotatable bonds is 6. The SMILES string of the molecule is Cc1ccc(CCNC(=O)NCC(C)(O)c2ccco2)cc1. The molecule has 0 fully saturated rings. The van der Waals surface area contributed by atoms with Crippen molar-refractivity contribution in [2.24, 2.45) is 0 Å². The van der Waals surface area contributed by atoms with Crippen LogP contribution in [-0.4, -0.2) is 24.2 Å². The third kappa shape index (κ3) is 4.63. The average Bonchev–Trinajstić information content (AvgIpc) is 3.02. The van der Waals surface area contributed by atoms with E-state index in [1.54, 1.807) is 19.1 Å². The van der Waals surface area contributed by atoms with Gasteiger partial charge in [0.2, 0.25) is 0 Å². The van der Waals surface area contributed by atoms with Crippen molar-refractivity contribution >= 4 is 6.03 Å². The van der Waals surface area contributed by atoms with E-state index >= 15 is 0 Å². The van der Waals surface area contributed by atoms with E-state index in [-0.39, 0.29) is 12.6 Å². The number of aliphatic hydroxyl groups is 1. The summed E-state index contributed by atoms with van der Waals surface area (Å²) >= 11 is 0. The maximum absolute atomic E-state index is 11.7. The lowest BCUT2D eigenvalue weighted by Crippen LogP contribution is -2.43. The fourth-order valence-electron chi connectivity index (χ4n) is 2.06. The average molecular weight is 302 g/mol. The van der Waals surface area contributed by atoms with Crippen LogP contribution in [0, 0.1) is 6.92 Å². The van der Waals surface area contributed by atoms with Crippen LogP contribution >= 0.6 is 0 Å². The van der Waals surface area contributed by atoms with E-state index in [1.165, 1.54) is 17.4 Å². The van der Waals surface area contributed by atoms with E-state index in [9.17, 15) is 9.90 Å². The molecule has 0 saturated heterocycles. The Morgan fingerprint density at radius 2 is 1.95 bits per heavy atom. The summed E-state index contributed by atoms with van der Waals surface area (Å²) in [4.78, 5) is 11.7. The van der Waals surface area contributed by atoms with Crippen molar-refractivity contribution in [1.82, 2.24) is 10.6 Å². The van der Waals surface area contributed by atoms with Gasteiger partial charge in [0, 0.05) is 6.54 Å². The van der Waals surface area contributed by atoms with Gasteiger partial charge in [0.15, 0.2) is 0 Å². The van der Waals surface area contributed by atoms with Crippen molar-refractivity contribution in [2.45, 2.75) is 25.9 Å². The van der Waals surface area contributed by atoms with Gasteiger partial charge in [0.25, 0.3) is 0 Å². The first-order valence-corrected chi connectivity index (χ1v) is 7.31. The predicted octanol–water partition coefficient (Wildman–Crippen LogP) is 2.34. The van der Waals surface area contributed by atoms with Crippen LogP contribution in [0.2, 0.25) is 0 Å². The molecule has 0 bridgehead atoms. The van der Waals surface area contributed by atoms with Crippen molar-refractivity contribution in [3.63, 3.8) is 0 Å². The Labute approximate surface area is 130 Å². The highest BCUT2D eigenvalue weighted by Gasteiger charge is 2.26. The van der Waals surface area contributed by atoms with Crippen LogP contribution in [0.5, 0.6) is 0 Å². The molecule has 5 heteroatoms. The topological polar surface area (TPSA) is 74.5 Å². The zero-order valence-corrected chi connectivity index (χ0v) is 12.9. The summed E-state index contributed by atoms with van der Waals surface area (Å²) in [6.07, 6.45) is 2.26. The van der Waals surface area contributed by atoms with Crippen LogP contribution in [0.25, 0.3) is 0 Å². The van der Waals surface area contributed by atoms with Crippen molar-refractivity contribution in [2.75, 3.05) is 13.1 Å². The fraction of sp³-hybridized carbons (Fsp3) is 0.353. The Hall–Kier alpha value is -2.27. The molecule has 1 unspecified atom stereocenters. The Kier molecular flexibility index (Phi) is 5.22. The Bertz CT molecular complexity index is 589. The molecule has 5 nitrogen and oxygen atoms in total. The Morgan fingerprint density at radius 3 is 2.59 bits per heavy atom. The quantitative estimate of drug-likeness (QED) is 0.766. The molecule has 1 heterocycles. The number of aryl methyl sites for hydroxylation is 1. The summed E-state index contributed by atoms with van der Waals surface area (Å²) in [7, 11) is 0. The minimum atomic E-state index is -1.22. The maximum Gasteiger partial charge on any atom is 0.314 e. The predicted molar refractivity (Wildman–Crippen MR) is 84.6 cm³/mol. The molecule has 1 atom stereocenters. The molecule has 2 amide bonds. The van der Waals surface area contributed by atoms with Gasteiger partial charge in [0.1, 0.15) is 11.4 Å². The molecule has 0 aliphatic rings. The second-order valence-electron chi connectivity index (χ2n) is 5.60. The first-order valence-electron chi connectivity index (χ1n) is 7.31. The maximum atomic E-state index is 11.7. The fourth-order valence-corrected chi connectivity index (χ4v) is 2.06. The number of carbonyl (C=O) groups excluding carboxylic acids is 1. The molecule has 1 aromatic carbocycles. The summed E-state index contributed by atoms with van der Waals surface area (Å²) in [6, 6.07) is 11.3. The first-order chi connectivity index (χ1) is 10.5. The second-order valence-corrected chi connectivity index (χ2v) is 5.60. The minimum Gasteiger partial charge on any atom is -0.466 e. The number of carbonyl (C=O) groups is 1. The zero-order chi connectivity index (χ0) is 16.0.